The summed E-state index contributed by atoms with van der Waals surface area (Å²) in [4.78, 5) is 15.5. The fourth-order valence-corrected chi connectivity index (χ4v) is 7.84. The van der Waals surface area contributed by atoms with Gasteiger partial charge in [-0.15, -0.1) is 0 Å². The van der Waals surface area contributed by atoms with Crippen LogP contribution >= 0.6 is 0 Å². The maximum atomic E-state index is 6.75. The van der Waals surface area contributed by atoms with Gasteiger partial charge in [-0.25, -0.2) is 15.0 Å². The molecular formula is C49H29N3O2. The summed E-state index contributed by atoms with van der Waals surface area (Å²) >= 11 is 0. The topological polar surface area (TPSA) is 65.0 Å². The van der Waals surface area contributed by atoms with Gasteiger partial charge in [-0.3, -0.25) is 0 Å². The standard InChI is InChI=1S/C49H29N3O2/c1-3-13-30(14-4-1)34-17-7-8-18-37(34)48-50-47(31-15-5-2-6-16-31)51-49(52-48)40-27-26-36(46-45(40)39-20-10-12-22-42(39)54-46)33-23-25-35-32(29-33)24-28-43-44(35)38-19-9-11-21-41(38)53-43/h1-29H. The van der Waals surface area contributed by atoms with Gasteiger partial charge in [-0.2, -0.15) is 0 Å². The molecule has 5 heteroatoms. The van der Waals surface area contributed by atoms with Crippen LogP contribution in [0, 0.1) is 0 Å². The van der Waals surface area contributed by atoms with Crippen LogP contribution < -0.4 is 0 Å². The lowest BCUT2D eigenvalue weighted by Crippen LogP contribution is -2.01. The van der Waals surface area contributed by atoms with Crippen LogP contribution in [-0.4, -0.2) is 15.0 Å². The highest BCUT2D eigenvalue weighted by Crippen LogP contribution is 2.43. The first-order valence-corrected chi connectivity index (χ1v) is 18.0. The molecule has 11 rings (SSSR count). The second kappa shape index (κ2) is 12.1. The van der Waals surface area contributed by atoms with Crippen molar-refractivity contribution in [2.24, 2.45) is 0 Å². The van der Waals surface area contributed by atoms with E-state index in [1.54, 1.807) is 0 Å². The third-order valence-electron chi connectivity index (χ3n) is 10.4. The summed E-state index contributed by atoms with van der Waals surface area (Å²) in [5.74, 6) is 1.80. The first-order valence-electron chi connectivity index (χ1n) is 18.0. The van der Waals surface area contributed by atoms with Gasteiger partial charge in [0.15, 0.2) is 17.5 Å². The Bertz CT molecular complexity index is 3220. The molecule has 0 spiro atoms. The minimum Gasteiger partial charge on any atom is -0.456 e. The van der Waals surface area contributed by atoms with E-state index in [0.29, 0.717) is 17.5 Å². The lowest BCUT2D eigenvalue weighted by Gasteiger charge is -2.13. The molecule has 0 radical (unpaired) electrons. The minimum atomic E-state index is 0.581. The average molecular weight is 692 g/mol. The Hall–Kier alpha value is -7.37. The van der Waals surface area contributed by atoms with Crippen molar-refractivity contribution in [2.45, 2.75) is 0 Å². The number of hydrogen-bond acceptors (Lipinski definition) is 5. The van der Waals surface area contributed by atoms with Crippen molar-refractivity contribution in [3.05, 3.63) is 176 Å². The second-order valence-electron chi connectivity index (χ2n) is 13.5. The van der Waals surface area contributed by atoms with Gasteiger partial charge in [-0.05, 0) is 63.9 Å². The number of aromatic nitrogens is 3. The van der Waals surface area contributed by atoms with Gasteiger partial charge in [0.1, 0.15) is 22.3 Å². The predicted molar refractivity (Wildman–Crippen MR) is 219 cm³/mol. The fourth-order valence-electron chi connectivity index (χ4n) is 7.84. The second-order valence-corrected chi connectivity index (χ2v) is 13.5. The summed E-state index contributed by atoms with van der Waals surface area (Å²) in [7, 11) is 0. The third kappa shape index (κ3) is 4.83. The van der Waals surface area contributed by atoms with Crippen molar-refractivity contribution >= 4 is 54.6 Å². The van der Waals surface area contributed by atoms with Gasteiger partial charge in [-0.1, -0.05) is 140 Å². The quantitative estimate of drug-likeness (QED) is 0.180. The van der Waals surface area contributed by atoms with Gasteiger partial charge in [0.05, 0.1) is 0 Å². The van der Waals surface area contributed by atoms with E-state index in [4.69, 9.17) is 23.8 Å². The van der Waals surface area contributed by atoms with Gasteiger partial charge in [0.2, 0.25) is 0 Å². The van der Waals surface area contributed by atoms with E-state index < -0.39 is 0 Å². The highest BCUT2D eigenvalue weighted by Gasteiger charge is 2.22. The van der Waals surface area contributed by atoms with Crippen molar-refractivity contribution < 1.29 is 8.83 Å². The van der Waals surface area contributed by atoms with Crippen LogP contribution in [0.1, 0.15) is 0 Å². The van der Waals surface area contributed by atoms with E-state index >= 15 is 0 Å². The Kier molecular flexibility index (Phi) is 6.79. The van der Waals surface area contributed by atoms with Crippen LogP contribution in [0.15, 0.2) is 185 Å². The zero-order chi connectivity index (χ0) is 35.6. The molecule has 8 aromatic carbocycles. The van der Waals surface area contributed by atoms with Crippen LogP contribution in [0.4, 0.5) is 0 Å². The minimum absolute atomic E-state index is 0.581. The number of fused-ring (bicyclic) bond motifs is 8. The van der Waals surface area contributed by atoms with Gasteiger partial charge in [0.25, 0.3) is 0 Å². The molecule has 0 aliphatic rings. The zero-order valence-corrected chi connectivity index (χ0v) is 28.9. The van der Waals surface area contributed by atoms with Crippen LogP contribution in [0.5, 0.6) is 0 Å². The van der Waals surface area contributed by atoms with Crippen molar-refractivity contribution in [2.75, 3.05) is 0 Å². The Balaban J connectivity index is 1.14. The van der Waals surface area contributed by atoms with Crippen LogP contribution in [0.3, 0.4) is 0 Å². The van der Waals surface area contributed by atoms with Gasteiger partial charge in [0, 0.05) is 43.8 Å². The summed E-state index contributed by atoms with van der Waals surface area (Å²) in [6, 6.07) is 60.3. The normalized spacial score (nSPS) is 11.7. The number of furan rings is 2. The van der Waals surface area contributed by atoms with E-state index in [2.05, 4.69) is 109 Å². The summed E-state index contributed by atoms with van der Waals surface area (Å²) < 4.78 is 12.9. The largest absolute Gasteiger partial charge is 0.456 e. The monoisotopic (exact) mass is 691 g/mol. The Morgan fingerprint density at radius 2 is 0.907 bits per heavy atom. The fraction of sp³-hybridized carbons (Fsp3) is 0. The maximum absolute atomic E-state index is 6.75. The molecule has 0 saturated carbocycles. The lowest BCUT2D eigenvalue weighted by molar-refractivity contribution is 0.669. The molecule has 5 nitrogen and oxygen atoms in total. The molecule has 3 aromatic heterocycles. The number of para-hydroxylation sites is 2. The first kappa shape index (κ1) is 30.3. The SMILES string of the molecule is c1ccc(-c2nc(-c3ccccc3-c3ccccc3)nc(-c3ccc(-c4ccc5c(ccc6oc7ccccc7c65)c4)c4oc5ccccc5c34)n2)cc1. The van der Waals surface area contributed by atoms with E-state index in [1.807, 2.05) is 66.7 Å². The van der Waals surface area contributed by atoms with Crippen LogP contribution in [0.25, 0.3) is 111 Å². The molecule has 0 aliphatic carbocycles. The molecule has 11 aromatic rings. The highest BCUT2D eigenvalue weighted by atomic mass is 16.3. The lowest BCUT2D eigenvalue weighted by atomic mass is 9.95. The average Bonchev–Trinajstić information content (AvgIpc) is 3.83. The molecule has 0 saturated heterocycles. The Morgan fingerprint density at radius 3 is 1.69 bits per heavy atom. The van der Waals surface area contributed by atoms with E-state index in [-0.39, 0.29) is 0 Å². The Labute approximate surface area is 309 Å². The molecule has 0 aliphatic heterocycles. The van der Waals surface area contributed by atoms with Gasteiger partial charge < -0.3 is 8.83 Å². The number of nitrogens with zero attached hydrogens (tertiary/aromatic N) is 3. The molecular weight excluding hydrogens is 663 g/mol. The smallest absolute Gasteiger partial charge is 0.164 e. The molecule has 0 atom stereocenters. The number of benzene rings is 8. The van der Waals surface area contributed by atoms with Crippen LogP contribution in [0.2, 0.25) is 0 Å². The predicted octanol–water partition coefficient (Wildman–Crippen LogP) is 13.2. The Morgan fingerprint density at radius 1 is 0.315 bits per heavy atom. The van der Waals surface area contributed by atoms with Gasteiger partial charge >= 0.3 is 0 Å². The van der Waals surface area contributed by atoms with Crippen molar-refractivity contribution in [1.29, 1.82) is 0 Å². The van der Waals surface area contributed by atoms with Crippen LogP contribution in [-0.2, 0) is 0 Å². The molecule has 0 N–H and O–H groups in total. The van der Waals surface area contributed by atoms with Crippen molar-refractivity contribution in [3.63, 3.8) is 0 Å². The summed E-state index contributed by atoms with van der Waals surface area (Å²) in [5, 5.41) is 6.50. The number of rotatable bonds is 5. The van der Waals surface area contributed by atoms with Crippen molar-refractivity contribution in [1.82, 2.24) is 15.0 Å². The number of hydrogen-bond donors (Lipinski definition) is 0. The first-order chi connectivity index (χ1) is 26.8. The third-order valence-corrected chi connectivity index (χ3v) is 10.4. The molecule has 0 amide bonds. The molecule has 3 heterocycles. The highest BCUT2D eigenvalue weighted by molar-refractivity contribution is 6.20. The molecule has 0 fully saturated rings. The summed E-state index contributed by atoms with van der Waals surface area (Å²) in [6.45, 7) is 0. The van der Waals surface area contributed by atoms with E-state index in [9.17, 15) is 0 Å². The van der Waals surface area contributed by atoms with E-state index in [1.165, 1.54) is 0 Å². The van der Waals surface area contributed by atoms with E-state index in [0.717, 1.165) is 93.6 Å². The molecule has 252 valence electrons. The zero-order valence-electron chi connectivity index (χ0n) is 28.9. The molecule has 0 unspecified atom stereocenters. The maximum Gasteiger partial charge on any atom is 0.164 e. The molecule has 54 heavy (non-hydrogen) atoms. The summed E-state index contributed by atoms with van der Waals surface area (Å²) in [5.41, 5.74) is 10.3. The van der Waals surface area contributed by atoms with Crippen molar-refractivity contribution in [3.8, 4) is 56.4 Å². The summed E-state index contributed by atoms with van der Waals surface area (Å²) in [6.07, 6.45) is 0. The molecule has 0 bridgehead atoms.